The van der Waals surface area contributed by atoms with Gasteiger partial charge in [0.25, 0.3) is 5.91 Å². The third-order valence-corrected chi connectivity index (χ3v) is 3.96. The van der Waals surface area contributed by atoms with Crippen LogP contribution in [0.25, 0.3) is 0 Å². The maximum absolute atomic E-state index is 11.9. The van der Waals surface area contributed by atoms with Crippen LogP contribution in [0, 0.1) is 6.92 Å². The fraction of sp³-hybridized carbons (Fsp3) is 0.750. The second-order valence-electron chi connectivity index (χ2n) is 5.27. The van der Waals surface area contributed by atoms with Gasteiger partial charge in [0.2, 0.25) is 5.82 Å². The number of nitrogens with zero attached hydrogens (tertiary/aromatic N) is 3. The van der Waals surface area contributed by atoms with E-state index in [1.165, 1.54) is 19.4 Å². The Hall–Kier alpha value is -1.43. The molecule has 6 nitrogen and oxygen atoms in total. The van der Waals surface area contributed by atoms with Gasteiger partial charge in [-0.05, 0) is 39.2 Å². The summed E-state index contributed by atoms with van der Waals surface area (Å²) in [5.41, 5.74) is 0. The number of piperidine rings is 1. The lowest BCUT2D eigenvalue weighted by Gasteiger charge is -2.34. The monoisotopic (exact) mass is 249 g/mol. The fourth-order valence-electron chi connectivity index (χ4n) is 3.05. The standard InChI is InChI=1S/C12H19N5O/c1-8-13-11(16-15-8)12(18)14-9-4-6-17-5-2-3-10(17)7-9/h9-10H,2-7H2,1H3,(H,14,18)(H,13,15,16). The van der Waals surface area contributed by atoms with Crippen LogP contribution in [0.2, 0.25) is 0 Å². The number of carbonyl (C=O) groups is 1. The number of aryl methyl sites for hydroxylation is 1. The molecule has 2 aliphatic rings. The van der Waals surface area contributed by atoms with Crippen LogP contribution in [0.1, 0.15) is 42.1 Å². The molecule has 2 unspecified atom stereocenters. The van der Waals surface area contributed by atoms with E-state index in [1.807, 2.05) is 0 Å². The molecule has 18 heavy (non-hydrogen) atoms. The summed E-state index contributed by atoms with van der Waals surface area (Å²) in [6.07, 6.45) is 4.67. The summed E-state index contributed by atoms with van der Waals surface area (Å²) in [5, 5.41) is 9.63. The van der Waals surface area contributed by atoms with Gasteiger partial charge in [0, 0.05) is 18.6 Å². The van der Waals surface area contributed by atoms with Crippen LogP contribution in [0.3, 0.4) is 0 Å². The molecule has 0 bridgehead atoms. The van der Waals surface area contributed by atoms with Gasteiger partial charge in [-0.2, -0.15) is 0 Å². The number of rotatable bonds is 2. The first-order valence-electron chi connectivity index (χ1n) is 6.66. The normalized spacial score (nSPS) is 28.1. The zero-order chi connectivity index (χ0) is 12.5. The molecule has 0 aromatic carbocycles. The van der Waals surface area contributed by atoms with Gasteiger partial charge in [-0.15, -0.1) is 5.10 Å². The van der Waals surface area contributed by atoms with Crippen molar-refractivity contribution >= 4 is 5.91 Å². The van der Waals surface area contributed by atoms with Crippen LogP contribution in [0.5, 0.6) is 0 Å². The topological polar surface area (TPSA) is 73.9 Å². The zero-order valence-corrected chi connectivity index (χ0v) is 10.6. The highest BCUT2D eigenvalue weighted by atomic mass is 16.2. The Morgan fingerprint density at radius 1 is 1.44 bits per heavy atom. The van der Waals surface area contributed by atoms with Crippen LogP contribution in [-0.4, -0.2) is 51.2 Å². The summed E-state index contributed by atoms with van der Waals surface area (Å²) in [4.78, 5) is 18.5. The molecule has 2 atom stereocenters. The average Bonchev–Trinajstić information content (AvgIpc) is 2.96. The molecule has 1 aromatic heterocycles. The van der Waals surface area contributed by atoms with Crippen molar-refractivity contribution in [2.24, 2.45) is 0 Å². The molecule has 2 fully saturated rings. The van der Waals surface area contributed by atoms with E-state index in [1.54, 1.807) is 6.92 Å². The molecule has 98 valence electrons. The Labute approximate surface area is 106 Å². The molecule has 2 saturated heterocycles. The number of nitrogens with one attached hydrogen (secondary N) is 2. The fourth-order valence-corrected chi connectivity index (χ4v) is 3.05. The molecule has 3 rings (SSSR count). The second kappa shape index (κ2) is 4.68. The van der Waals surface area contributed by atoms with Crippen molar-refractivity contribution in [2.75, 3.05) is 13.1 Å². The number of aromatic amines is 1. The first kappa shape index (κ1) is 11.6. The number of hydrogen-bond acceptors (Lipinski definition) is 4. The number of amides is 1. The van der Waals surface area contributed by atoms with E-state index in [9.17, 15) is 4.79 Å². The van der Waals surface area contributed by atoms with E-state index in [-0.39, 0.29) is 17.8 Å². The van der Waals surface area contributed by atoms with E-state index in [0.29, 0.717) is 11.9 Å². The van der Waals surface area contributed by atoms with Crippen molar-refractivity contribution in [1.82, 2.24) is 25.4 Å². The number of aromatic nitrogens is 3. The Kier molecular flexibility index (Phi) is 3.03. The predicted octanol–water partition coefficient (Wildman–Crippen LogP) is 0.470. The minimum atomic E-state index is -0.157. The first-order valence-corrected chi connectivity index (χ1v) is 6.66. The molecule has 0 radical (unpaired) electrons. The predicted molar refractivity (Wildman–Crippen MR) is 66.2 cm³/mol. The highest BCUT2D eigenvalue weighted by Crippen LogP contribution is 2.26. The summed E-state index contributed by atoms with van der Waals surface area (Å²) in [5.74, 6) is 0.767. The van der Waals surface area contributed by atoms with Gasteiger partial charge in [0.1, 0.15) is 5.82 Å². The number of carbonyl (C=O) groups excluding carboxylic acids is 1. The third kappa shape index (κ3) is 2.25. The van der Waals surface area contributed by atoms with E-state index >= 15 is 0 Å². The lowest BCUT2D eigenvalue weighted by molar-refractivity contribution is 0.0886. The van der Waals surface area contributed by atoms with Crippen LogP contribution in [0.15, 0.2) is 0 Å². The van der Waals surface area contributed by atoms with E-state index < -0.39 is 0 Å². The quantitative estimate of drug-likeness (QED) is 0.799. The summed E-state index contributed by atoms with van der Waals surface area (Å²) in [7, 11) is 0. The molecule has 2 aliphatic heterocycles. The van der Waals surface area contributed by atoms with Gasteiger partial charge in [-0.1, -0.05) is 0 Å². The maximum Gasteiger partial charge on any atom is 0.291 e. The minimum Gasteiger partial charge on any atom is -0.346 e. The Morgan fingerprint density at radius 3 is 3.11 bits per heavy atom. The largest absolute Gasteiger partial charge is 0.346 e. The summed E-state index contributed by atoms with van der Waals surface area (Å²) in [6.45, 7) is 4.12. The summed E-state index contributed by atoms with van der Waals surface area (Å²) >= 11 is 0. The third-order valence-electron chi connectivity index (χ3n) is 3.96. The Bertz CT molecular complexity index is 443. The maximum atomic E-state index is 11.9. The van der Waals surface area contributed by atoms with Crippen LogP contribution >= 0.6 is 0 Å². The van der Waals surface area contributed by atoms with Gasteiger partial charge in [-0.25, -0.2) is 4.98 Å². The van der Waals surface area contributed by atoms with Crippen molar-refractivity contribution in [3.63, 3.8) is 0 Å². The van der Waals surface area contributed by atoms with Gasteiger partial charge >= 0.3 is 0 Å². The highest BCUT2D eigenvalue weighted by molar-refractivity contribution is 5.90. The van der Waals surface area contributed by atoms with Crippen LogP contribution in [-0.2, 0) is 0 Å². The second-order valence-corrected chi connectivity index (χ2v) is 5.27. The zero-order valence-electron chi connectivity index (χ0n) is 10.6. The molecule has 2 N–H and O–H groups in total. The minimum absolute atomic E-state index is 0.157. The molecule has 6 heteroatoms. The molecular weight excluding hydrogens is 230 g/mol. The van der Waals surface area contributed by atoms with Crippen molar-refractivity contribution in [1.29, 1.82) is 0 Å². The summed E-state index contributed by atoms with van der Waals surface area (Å²) in [6, 6.07) is 0.939. The lowest BCUT2D eigenvalue weighted by atomic mass is 9.97. The average molecular weight is 249 g/mol. The molecule has 1 aromatic rings. The van der Waals surface area contributed by atoms with Crippen LogP contribution in [0.4, 0.5) is 0 Å². The number of fused-ring (bicyclic) bond motifs is 1. The first-order chi connectivity index (χ1) is 8.72. The van der Waals surface area contributed by atoms with Crippen molar-refractivity contribution in [2.45, 2.75) is 44.7 Å². The van der Waals surface area contributed by atoms with Crippen molar-refractivity contribution in [3.8, 4) is 0 Å². The van der Waals surface area contributed by atoms with Crippen molar-refractivity contribution in [3.05, 3.63) is 11.6 Å². The van der Waals surface area contributed by atoms with Gasteiger partial charge in [-0.3, -0.25) is 9.89 Å². The molecular formula is C12H19N5O. The van der Waals surface area contributed by atoms with Gasteiger partial charge in [0.15, 0.2) is 0 Å². The Balaban J connectivity index is 1.58. The van der Waals surface area contributed by atoms with Gasteiger partial charge in [0.05, 0.1) is 0 Å². The molecule has 0 aliphatic carbocycles. The highest BCUT2D eigenvalue weighted by Gasteiger charge is 2.32. The summed E-state index contributed by atoms with van der Waals surface area (Å²) < 4.78 is 0. The molecule has 3 heterocycles. The van der Waals surface area contributed by atoms with E-state index in [2.05, 4.69) is 25.4 Å². The van der Waals surface area contributed by atoms with Crippen molar-refractivity contribution < 1.29 is 4.79 Å². The molecule has 0 spiro atoms. The molecule has 0 saturated carbocycles. The van der Waals surface area contributed by atoms with Crippen LogP contribution < -0.4 is 5.32 Å². The number of hydrogen-bond donors (Lipinski definition) is 2. The lowest BCUT2D eigenvalue weighted by Crippen LogP contribution is -2.47. The van der Waals surface area contributed by atoms with E-state index in [0.717, 1.165) is 19.4 Å². The smallest absolute Gasteiger partial charge is 0.291 e. The van der Waals surface area contributed by atoms with E-state index in [4.69, 9.17) is 0 Å². The van der Waals surface area contributed by atoms with Gasteiger partial charge < -0.3 is 10.2 Å². The molecule has 1 amide bonds. The number of H-pyrrole nitrogens is 1. The SMILES string of the molecule is Cc1nc(C(=O)NC2CCN3CCCC3C2)n[nH]1. The Morgan fingerprint density at radius 2 is 2.33 bits per heavy atom.